The molecule has 2 rings (SSSR count). The molecule has 0 aliphatic carbocycles. The van der Waals surface area contributed by atoms with Gasteiger partial charge in [0.05, 0.1) is 12.3 Å². The molecule has 0 spiro atoms. The van der Waals surface area contributed by atoms with Crippen LogP contribution >= 0.6 is 0 Å². The van der Waals surface area contributed by atoms with Crippen molar-refractivity contribution in [2.75, 3.05) is 20.3 Å². The maximum Gasteiger partial charge on any atom is 0.360 e. The van der Waals surface area contributed by atoms with Gasteiger partial charge in [-0.2, -0.15) is 4.98 Å². The van der Waals surface area contributed by atoms with Gasteiger partial charge in [0, 0.05) is 14.0 Å². The summed E-state index contributed by atoms with van der Waals surface area (Å²) in [5.74, 6) is 0.405. The zero-order valence-electron chi connectivity index (χ0n) is 11.5. The van der Waals surface area contributed by atoms with Crippen LogP contribution in [-0.4, -0.2) is 51.4 Å². The molecule has 0 saturated carbocycles. The molecular weight excluding hydrogens is 266 g/mol. The minimum atomic E-state index is -0.532. The molecule has 0 N–H and O–H groups in total. The van der Waals surface area contributed by atoms with E-state index < -0.39 is 5.97 Å². The summed E-state index contributed by atoms with van der Waals surface area (Å²) in [5, 5.41) is 11.5. The second kappa shape index (κ2) is 6.24. The molecule has 0 aliphatic rings. The fourth-order valence-electron chi connectivity index (χ4n) is 1.52. The van der Waals surface area contributed by atoms with Crippen molar-refractivity contribution in [3.05, 3.63) is 23.1 Å². The highest BCUT2D eigenvalue weighted by Crippen LogP contribution is 2.07. The van der Waals surface area contributed by atoms with Gasteiger partial charge in [0.1, 0.15) is 13.2 Å². The number of aromatic nitrogens is 5. The smallest absolute Gasteiger partial charge is 0.360 e. The van der Waals surface area contributed by atoms with Gasteiger partial charge in [-0.15, -0.1) is 5.10 Å². The maximum absolute atomic E-state index is 11.8. The Hall–Kier alpha value is -2.29. The average molecular weight is 281 g/mol. The highest BCUT2D eigenvalue weighted by atomic mass is 16.6. The van der Waals surface area contributed by atoms with E-state index >= 15 is 0 Å². The van der Waals surface area contributed by atoms with E-state index in [0.29, 0.717) is 24.0 Å². The third-order valence-electron chi connectivity index (χ3n) is 2.56. The van der Waals surface area contributed by atoms with Crippen LogP contribution < -0.4 is 0 Å². The summed E-state index contributed by atoms with van der Waals surface area (Å²) in [6.07, 6.45) is 0. The lowest BCUT2D eigenvalue weighted by Gasteiger charge is -2.02. The van der Waals surface area contributed by atoms with Gasteiger partial charge in [-0.1, -0.05) is 10.4 Å². The Morgan fingerprint density at radius 2 is 2.15 bits per heavy atom. The predicted octanol–water partition coefficient (Wildman–Crippen LogP) is 0.129. The van der Waals surface area contributed by atoms with Crippen molar-refractivity contribution in [3.63, 3.8) is 0 Å². The standard InChI is InChI=1S/C11H15N5O4/c1-7-10(11(17)19-5-4-18-3)13-15-16(7)6-9-12-8(2)20-14-9/h4-6H2,1-3H3. The van der Waals surface area contributed by atoms with Gasteiger partial charge in [-0.3, -0.25) is 0 Å². The van der Waals surface area contributed by atoms with Crippen LogP contribution in [0.25, 0.3) is 0 Å². The lowest BCUT2D eigenvalue weighted by atomic mass is 10.3. The molecule has 0 radical (unpaired) electrons. The highest BCUT2D eigenvalue weighted by Gasteiger charge is 2.18. The van der Waals surface area contributed by atoms with E-state index in [0.717, 1.165) is 0 Å². The van der Waals surface area contributed by atoms with Gasteiger partial charge in [-0.25, -0.2) is 9.48 Å². The predicted molar refractivity (Wildman–Crippen MR) is 65.1 cm³/mol. The van der Waals surface area contributed by atoms with Crippen LogP contribution in [0.1, 0.15) is 27.9 Å². The number of ether oxygens (including phenoxy) is 2. The quantitative estimate of drug-likeness (QED) is 0.543. The molecule has 2 heterocycles. The number of hydrogen-bond donors (Lipinski definition) is 0. The lowest BCUT2D eigenvalue weighted by molar-refractivity contribution is 0.0380. The molecular formula is C11H15N5O4. The van der Waals surface area contributed by atoms with Crippen LogP contribution in [-0.2, 0) is 16.0 Å². The van der Waals surface area contributed by atoms with E-state index in [-0.39, 0.29) is 18.8 Å². The maximum atomic E-state index is 11.8. The summed E-state index contributed by atoms with van der Waals surface area (Å²) in [6.45, 7) is 4.21. The van der Waals surface area contributed by atoms with Crippen molar-refractivity contribution >= 4 is 5.97 Å². The minimum absolute atomic E-state index is 0.168. The number of aryl methyl sites for hydroxylation is 1. The molecule has 9 heteroatoms. The average Bonchev–Trinajstić information content (AvgIpc) is 2.98. The number of hydrogen-bond acceptors (Lipinski definition) is 8. The second-order valence-electron chi connectivity index (χ2n) is 4.04. The summed E-state index contributed by atoms with van der Waals surface area (Å²) < 4.78 is 16.2. The number of nitrogens with zero attached hydrogens (tertiary/aromatic N) is 5. The molecule has 108 valence electrons. The van der Waals surface area contributed by atoms with Crippen molar-refractivity contribution in [1.29, 1.82) is 0 Å². The molecule has 0 aliphatic heterocycles. The van der Waals surface area contributed by atoms with E-state index in [1.54, 1.807) is 13.8 Å². The first-order valence-corrected chi connectivity index (χ1v) is 5.97. The highest BCUT2D eigenvalue weighted by molar-refractivity contribution is 5.88. The molecule has 2 aromatic rings. The molecule has 0 unspecified atom stereocenters. The Balaban J connectivity index is 2.04. The first-order chi connectivity index (χ1) is 9.61. The van der Waals surface area contributed by atoms with E-state index in [1.807, 2.05) is 0 Å². The molecule has 20 heavy (non-hydrogen) atoms. The fourth-order valence-corrected chi connectivity index (χ4v) is 1.52. The second-order valence-corrected chi connectivity index (χ2v) is 4.04. The molecule has 9 nitrogen and oxygen atoms in total. The van der Waals surface area contributed by atoms with E-state index in [9.17, 15) is 4.79 Å². The van der Waals surface area contributed by atoms with Crippen LogP contribution in [0.5, 0.6) is 0 Å². The zero-order valence-corrected chi connectivity index (χ0v) is 11.5. The normalized spacial score (nSPS) is 10.8. The van der Waals surface area contributed by atoms with Crippen molar-refractivity contribution in [2.45, 2.75) is 20.4 Å². The van der Waals surface area contributed by atoms with Crippen LogP contribution in [0.15, 0.2) is 4.52 Å². The Kier molecular flexibility index (Phi) is 4.41. The largest absolute Gasteiger partial charge is 0.458 e. The Labute approximate surface area is 114 Å². The summed E-state index contributed by atoms with van der Waals surface area (Å²) in [4.78, 5) is 15.8. The molecule has 0 saturated heterocycles. The molecule has 0 fully saturated rings. The third kappa shape index (κ3) is 3.18. The monoisotopic (exact) mass is 281 g/mol. The van der Waals surface area contributed by atoms with Crippen LogP contribution in [0.4, 0.5) is 0 Å². The van der Waals surface area contributed by atoms with Crippen molar-refractivity contribution in [3.8, 4) is 0 Å². The fraction of sp³-hybridized carbons (Fsp3) is 0.545. The van der Waals surface area contributed by atoms with E-state index in [2.05, 4.69) is 20.5 Å². The van der Waals surface area contributed by atoms with Crippen LogP contribution in [0, 0.1) is 13.8 Å². The van der Waals surface area contributed by atoms with Crippen molar-refractivity contribution in [1.82, 2.24) is 25.1 Å². The Morgan fingerprint density at radius 3 is 2.80 bits per heavy atom. The summed E-state index contributed by atoms with van der Waals surface area (Å²) in [7, 11) is 1.53. The van der Waals surface area contributed by atoms with Gasteiger partial charge < -0.3 is 14.0 Å². The Morgan fingerprint density at radius 1 is 1.35 bits per heavy atom. The van der Waals surface area contributed by atoms with Gasteiger partial charge in [-0.05, 0) is 6.92 Å². The lowest BCUT2D eigenvalue weighted by Crippen LogP contribution is -2.12. The molecule has 2 aromatic heterocycles. The number of carbonyl (C=O) groups is 1. The zero-order chi connectivity index (χ0) is 14.5. The van der Waals surface area contributed by atoms with Crippen LogP contribution in [0.3, 0.4) is 0 Å². The minimum Gasteiger partial charge on any atom is -0.458 e. The summed E-state index contributed by atoms with van der Waals surface area (Å²) in [5.41, 5.74) is 0.746. The molecule has 0 atom stereocenters. The molecule has 0 bridgehead atoms. The third-order valence-corrected chi connectivity index (χ3v) is 2.56. The molecule has 0 amide bonds. The van der Waals surface area contributed by atoms with E-state index in [4.69, 9.17) is 14.0 Å². The van der Waals surface area contributed by atoms with Gasteiger partial charge in [0.15, 0.2) is 11.5 Å². The number of methoxy groups -OCH3 is 1. The first-order valence-electron chi connectivity index (χ1n) is 5.97. The Bertz CT molecular complexity index is 591. The van der Waals surface area contributed by atoms with Crippen molar-refractivity contribution in [2.24, 2.45) is 0 Å². The SMILES string of the molecule is COCCOC(=O)c1nnn(Cc2noc(C)n2)c1C. The number of carbonyl (C=O) groups excluding carboxylic acids is 1. The topological polar surface area (TPSA) is 105 Å². The van der Waals surface area contributed by atoms with Gasteiger partial charge in [0.25, 0.3) is 0 Å². The van der Waals surface area contributed by atoms with E-state index in [1.165, 1.54) is 11.8 Å². The van der Waals surface area contributed by atoms with Crippen molar-refractivity contribution < 1.29 is 18.8 Å². The van der Waals surface area contributed by atoms with Crippen LogP contribution in [0.2, 0.25) is 0 Å². The molecule has 0 aromatic carbocycles. The number of esters is 1. The summed E-state index contributed by atoms with van der Waals surface area (Å²) in [6, 6.07) is 0. The summed E-state index contributed by atoms with van der Waals surface area (Å²) >= 11 is 0. The van der Waals surface area contributed by atoms with Gasteiger partial charge in [0.2, 0.25) is 5.89 Å². The number of rotatable bonds is 6. The van der Waals surface area contributed by atoms with Gasteiger partial charge >= 0.3 is 5.97 Å². The first kappa shape index (κ1) is 14.1.